The van der Waals surface area contributed by atoms with E-state index in [1.165, 1.54) is 5.56 Å². The molecule has 0 fully saturated rings. The second kappa shape index (κ2) is 15.8. The molecule has 0 unspecified atom stereocenters. The first-order chi connectivity index (χ1) is 24.5. The Hall–Kier alpha value is -4.88. The molecule has 52 heavy (non-hydrogen) atoms. The highest BCUT2D eigenvalue weighted by Gasteiger charge is 2.26. The normalized spacial score (nSPS) is 13.6. The number of carbonyl (C=O) groups excluding carboxylic acids is 2. The molecule has 0 bridgehead atoms. The van der Waals surface area contributed by atoms with Gasteiger partial charge in [-0.25, -0.2) is 29.9 Å². The van der Waals surface area contributed by atoms with Gasteiger partial charge in [-0.1, -0.05) is 0 Å². The topological polar surface area (TPSA) is 152 Å². The van der Waals surface area contributed by atoms with E-state index >= 15 is 0 Å². The van der Waals surface area contributed by atoms with Crippen LogP contribution in [0.4, 0.5) is 11.6 Å². The lowest BCUT2D eigenvalue weighted by molar-refractivity contribution is -0.122. The Morgan fingerprint density at radius 1 is 0.731 bits per heavy atom. The third-order valence-corrected chi connectivity index (χ3v) is 8.85. The summed E-state index contributed by atoms with van der Waals surface area (Å²) in [6.07, 6.45) is 13.3. The van der Waals surface area contributed by atoms with Crippen LogP contribution in [-0.4, -0.2) is 89.1 Å². The number of aryl methyl sites for hydroxylation is 4. The number of carbonyl (C=O) groups is 2. The molecule has 0 spiro atoms. The summed E-state index contributed by atoms with van der Waals surface area (Å²) in [7, 11) is 3.83. The van der Waals surface area contributed by atoms with E-state index in [4.69, 9.17) is 19.9 Å². The first-order valence-electron chi connectivity index (χ1n) is 18.4. The van der Waals surface area contributed by atoms with Gasteiger partial charge >= 0.3 is 0 Å². The van der Waals surface area contributed by atoms with Crippen molar-refractivity contribution in [2.24, 2.45) is 0 Å². The van der Waals surface area contributed by atoms with Crippen molar-refractivity contribution in [1.29, 1.82) is 0 Å². The zero-order valence-electron chi connectivity index (χ0n) is 32.7. The first kappa shape index (κ1) is 38.4. The van der Waals surface area contributed by atoms with Crippen molar-refractivity contribution in [1.82, 2.24) is 49.7 Å². The van der Waals surface area contributed by atoms with E-state index in [0.717, 1.165) is 91.6 Å². The molecule has 2 N–H and O–H groups in total. The fraction of sp³-hybridized carbons (Fsp3) is 0.579. The zero-order chi connectivity index (χ0) is 37.8. The average molecular weight is 713 g/mol. The summed E-state index contributed by atoms with van der Waals surface area (Å²) >= 11 is 0. The molecule has 6 rings (SSSR count). The third kappa shape index (κ3) is 9.51. The summed E-state index contributed by atoms with van der Waals surface area (Å²) in [5, 5.41) is 6.01. The molecule has 0 saturated heterocycles. The Morgan fingerprint density at radius 2 is 1.25 bits per heavy atom. The molecule has 2 aliphatic rings. The Balaban J connectivity index is 0.000000201. The van der Waals surface area contributed by atoms with Gasteiger partial charge in [-0.05, 0) is 93.9 Å². The van der Waals surface area contributed by atoms with Gasteiger partial charge < -0.3 is 29.6 Å². The number of nitrogens with zero attached hydrogens (tertiary/aromatic N) is 10. The van der Waals surface area contributed by atoms with Crippen LogP contribution in [0.25, 0.3) is 23.0 Å². The number of fused-ring (bicyclic) bond motifs is 2. The summed E-state index contributed by atoms with van der Waals surface area (Å²) in [5.41, 5.74) is 5.70. The lowest BCUT2D eigenvalue weighted by Crippen LogP contribution is -2.45. The molecular formula is C38H56N12O2. The quantitative estimate of drug-likeness (QED) is 0.242. The van der Waals surface area contributed by atoms with E-state index in [1.807, 2.05) is 80.8 Å². The summed E-state index contributed by atoms with van der Waals surface area (Å²) in [6, 6.07) is 0. The van der Waals surface area contributed by atoms with Gasteiger partial charge in [0.25, 0.3) is 0 Å². The fourth-order valence-electron chi connectivity index (χ4n) is 6.59. The zero-order valence-corrected chi connectivity index (χ0v) is 32.7. The SMILES string of the molecule is CCn1cnc(-c2nc3c(c(N(C)CC(=O)NC(C)(C)C)n2)CCC3)c1.CCn1cncc1-c1nc2c(c(N(C)CC(=O)NC(C)(C)C)n1)CCC2. The van der Waals surface area contributed by atoms with Crippen molar-refractivity contribution in [3.63, 3.8) is 0 Å². The van der Waals surface area contributed by atoms with E-state index < -0.39 is 0 Å². The molecule has 4 aromatic rings. The largest absolute Gasteiger partial charge is 0.350 e. The summed E-state index contributed by atoms with van der Waals surface area (Å²) in [4.78, 5) is 56.3. The highest BCUT2D eigenvalue weighted by molar-refractivity contribution is 5.82. The molecule has 4 aromatic heterocycles. The van der Waals surface area contributed by atoms with Crippen molar-refractivity contribution in [2.75, 3.05) is 37.0 Å². The van der Waals surface area contributed by atoms with Gasteiger partial charge in [-0.3, -0.25) is 9.59 Å². The molecule has 2 aliphatic carbocycles. The number of anilines is 2. The van der Waals surface area contributed by atoms with Crippen molar-refractivity contribution >= 4 is 23.5 Å². The van der Waals surface area contributed by atoms with Crippen LogP contribution in [0.15, 0.2) is 25.0 Å². The minimum atomic E-state index is -0.246. The van der Waals surface area contributed by atoms with Crippen LogP contribution in [0, 0.1) is 0 Å². The second-order valence-electron chi connectivity index (χ2n) is 15.8. The van der Waals surface area contributed by atoms with Gasteiger partial charge in [0.05, 0.1) is 31.9 Å². The minimum Gasteiger partial charge on any atom is -0.350 e. The van der Waals surface area contributed by atoms with E-state index in [-0.39, 0.29) is 36.0 Å². The van der Waals surface area contributed by atoms with E-state index in [0.29, 0.717) is 11.6 Å². The van der Waals surface area contributed by atoms with Crippen LogP contribution in [0.2, 0.25) is 0 Å². The summed E-state index contributed by atoms with van der Waals surface area (Å²) in [6.45, 7) is 18.3. The van der Waals surface area contributed by atoms with Gasteiger partial charge in [-0.15, -0.1) is 0 Å². The maximum atomic E-state index is 12.3. The number of amides is 2. The molecule has 14 nitrogen and oxygen atoms in total. The smallest absolute Gasteiger partial charge is 0.239 e. The predicted molar refractivity (Wildman–Crippen MR) is 204 cm³/mol. The van der Waals surface area contributed by atoms with Gasteiger partial charge in [0.15, 0.2) is 11.6 Å². The van der Waals surface area contributed by atoms with Crippen molar-refractivity contribution in [2.45, 2.75) is 118 Å². The molecule has 0 atom stereocenters. The molecule has 0 saturated carbocycles. The highest BCUT2D eigenvalue weighted by atomic mass is 16.2. The molecule has 0 radical (unpaired) electrons. The van der Waals surface area contributed by atoms with Gasteiger partial charge in [0.2, 0.25) is 11.8 Å². The maximum Gasteiger partial charge on any atom is 0.239 e. The average Bonchev–Trinajstić information content (AvgIpc) is 3.88. The van der Waals surface area contributed by atoms with Gasteiger partial charge in [-0.2, -0.15) is 0 Å². The lowest BCUT2D eigenvalue weighted by atomic mass is 10.1. The van der Waals surface area contributed by atoms with Crippen LogP contribution in [-0.2, 0) is 48.4 Å². The summed E-state index contributed by atoms with van der Waals surface area (Å²) < 4.78 is 4.04. The minimum absolute atomic E-state index is 0.00879. The number of rotatable bonds is 10. The molecule has 4 heterocycles. The number of aromatic nitrogens is 8. The Kier molecular flexibility index (Phi) is 11.6. The van der Waals surface area contributed by atoms with E-state index in [9.17, 15) is 9.59 Å². The van der Waals surface area contributed by atoms with Crippen LogP contribution in [0.1, 0.15) is 90.7 Å². The van der Waals surface area contributed by atoms with Gasteiger partial charge in [0, 0.05) is 67.0 Å². The summed E-state index contributed by atoms with van der Waals surface area (Å²) in [5.74, 6) is 3.00. The third-order valence-electron chi connectivity index (χ3n) is 8.85. The lowest BCUT2D eigenvalue weighted by Gasteiger charge is -2.25. The Bertz CT molecular complexity index is 1880. The van der Waals surface area contributed by atoms with Gasteiger partial charge in [0.1, 0.15) is 23.0 Å². The van der Waals surface area contributed by atoms with Crippen LogP contribution >= 0.6 is 0 Å². The number of hydrogen-bond acceptors (Lipinski definition) is 10. The molecule has 0 aromatic carbocycles. The highest BCUT2D eigenvalue weighted by Crippen LogP contribution is 2.32. The fourth-order valence-corrected chi connectivity index (χ4v) is 6.59. The van der Waals surface area contributed by atoms with Crippen LogP contribution < -0.4 is 20.4 Å². The van der Waals surface area contributed by atoms with Crippen molar-refractivity contribution in [3.8, 4) is 23.0 Å². The van der Waals surface area contributed by atoms with Crippen molar-refractivity contribution < 1.29 is 9.59 Å². The van der Waals surface area contributed by atoms with Crippen molar-refractivity contribution in [3.05, 3.63) is 47.6 Å². The first-order valence-corrected chi connectivity index (χ1v) is 18.4. The number of likely N-dealkylation sites (N-methyl/N-ethyl adjacent to an activating group) is 2. The van der Waals surface area contributed by atoms with Crippen LogP contribution in [0.5, 0.6) is 0 Å². The van der Waals surface area contributed by atoms with E-state index in [1.54, 1.807) is 18.9 Å². The molecule has 2 amide bonds. The number of imidazole rings is 2. The monoisotopic (exact) mass is 712 g/mol. The standard InChI is InChI=1S/2C19H28N6O/c1-6-25-10-15(20-12-25)17-21-14-9-7-8-13(14)18(22-17)24(5)11-16(26)23-19(2,3)4;1-6-25-12-20-10-15(25)17-21-14-9-7-8-13(14)18(22-17)24(5)11-16(26)23-19(2,3)4/h2*10,12H,6-9,11H2,1-5H3,(H,23,26). The van der Waals surface area contributed by atoms with Crippen LogP contribution in [0.3, 0.4) is 0 Å². The molecule has 280 valence electrons. The molecule has 0 aliphatic heterocycles. The molecule has 14 heteroatoms. The number of nitrogens with one attached hydrogen (secondary N) is 2. The predicted octanol–water partition coefficient (Wildman–Crippen LogP) is 4.40. The Labute approximate surface area is 307 Å². The maximum absolute atomic E-state index is 12.3. The second-order valence-corrected chi connectivity index (χ2v) is 15.8. The number of hydrogen-bond donors (Lipinski definition) is 2. The molecular weight excluding hydrogens is 656 g/mol. The Morgan fingerprint density at radius 3 is 1.73 bits per heavy atom. The van der Waals surface area contributed by atoms with E-state index in [2.05, 4.69) is 34.4 Å².